The number of nitrogens with one attached hydrogen (secondary N) is 2. The zero-order valence-corrected chi connectivity index (χ0v) is 11.8. The summed E-state index contributed by atoms with van der Waals surface area (Å²) >= 11 is 0. The lowest BCUT2D eigenvalue weighted by Gasteiger charge is -2.22. The summed E-state index contributed by atoms with van der Waals surface area (Å²) < 4.78 is 5.61. The smallest absolute Gasteiger partial charge is 0.255 e. The van der Waals surface area contributed by atoms with E-state index < -0.39 is 0 Å². The van der Waals surface area contributed by atoms with Crippen LogP contribution in [0.1, 0.15) is 31.1 Å². The Morgan fingerprint density at radius 1 is 1.42 bits per heavy atom. The fraction of sp³-hybridized carbons (Fsp3) is 0.533. The zero-order valence-electron chi connectivity index (χ0n) is 11.8. The first-order chi connectivity index (χ1) is 9.09. The van der Waals surface area contributed by atoms with Gasteiger partial charge in [0.05, 0.1) is 11.3 Å². The number of para-hydroxylation sites is 1. The standard InChI is InChI=1S/C15H22N2O2/c1-10(2)11(3)9-17-15(18)12-5-4-6-13-14(12)19-8-7-16-13/h4-6,10-11,16H,7-9H2,1-3H3,(H,17,18). The first-order valence-corrected chi connectivity index (χ1v) is 6.87. The molecule has 104 valence electrons. The van der Waals surface area contributed by atoms with Crippen molar-refractivity contribution in [2.75, 3.05) is 25.0 Å². The number of carbonyl (C=O) groups is 1. The monoisotopic (exact) mass is 262 g/mol. The van der Waals surface area contributed by atoms with Crippen LogP contribution in [-0.4, -0.2) is 25.6 Å². The number of amides is 1. The molecule has 0 radical (unpaired) electrons. The largest absolute Gasteiger partial charge is 0.489 e. The second-order valence-corrected chi connectivity index (χ2v) is 5.39. The molecule has 0 aromatic heterocycles. The first kappa shape index (κ1) is 13.7. The number of hydrogen-bond acceptors (Lipinski definition) is 3. The van der Waals surface area contributed by atoms with Gasteiger partial charge in [-0.2, -0.15) is 0 Å². The van der Waals surface area contributed by atoms with E-state index in [-0.39, 0.29) is 5.91 Å². The number of fused-ring (bicyclic) bond motifs is 1. The summed E-state index contributed by atoms with van der Waals surface area (Å²) in [5.41, 5.74) is 1.51. The molecule has 0 spiro atoms. The highest BCUT2D eigenvalue weighted by molar-refractivity contribution is 5.98. The molecule has 0 aliphatic carbocycles. The molecule has 0 fully saturated rings. The Balaban J connectivity index is 2.07. The Hall–Kier alpha value is -1.71. The minimum Gasteiger partial charge on any atom is -0.489 e. The van der Waals surface area contributed by atoms with Crippen molar-refractivity contribution in [2.24, 2.45) is 11.8 Å². The Labute approximate surface area is 114 Å². The van der Waals surface area contributed by atoms with E-state index in [0.29, 0.717) is 36.3 Å². The third kappa shape index (κ3) is 3.19. The highest BCUT2D eigenvalue weighted by Crippen LogP contribution is 2.31. The van der Waals surface area contributed by atoms with Gasteiger partial charge in [0.25, 0.3) is 5.91 Å². The van der Waals surface area contributed by atoms with Gasteiger partial charge in [0.1, 0.15) is 6.61 Å². The highest BCUT2D eigenvalue weighted by atomic mass is 16.5. The van der Waals surface area contributed by atoms with Crippen molar-refractivity contribution in [1.29, 1.82) is 0 Å². The first-order valence-electron chi connectivity index (χ1n) is 6.87. The number of hydrogen-bond donors (Lipinski definition) is 2. The van der Waals surface area contributed by atoms with Crippen LogP contribution in [0.5, 0.6) is 5.75 Å². The summed E-state index contributed by atoms with van der Waals surface area (Å²) in [6.45, 7) is 8.53. The van der Waals surface area contributed by atoms with Crippen molar-refractivity contribution in [2.45, 2.75) is 20.8 Å². The lowest BCUT2D eigenvalue weighted by Crippen LogP contribution is -2.31. The number of anilines is 1. The van der Waals surface area contributed by atoms with Crippen molar-refractivity contribution < 1.29 is 9.53 Å². The van der Waals surface area contributed by atoms with Crippen LogP contribution in [0.4, 0.5) is 5.69 Å². The molecular formula is C15H22N2O2. The molecule has 0 bridgehead atoms. The van der Waals surface area contributed by atoms with Gasteiger partial charge < -0.3 is 15.4 Å². The van der Waals surface area contributed by atoms with Gasteiger partial charge in [-0.05, 0) is 24.0 Å². The number of rotatable bonds is 4. The molecular weight excluding hydrogens is 240 g/mol. The summed E-state index contributed by atoms with van der Waals surface area (Å²) in [5, 5.41) is 6.22. The second-order valence-electron chi connectivity index (χ2n) is 5.39. The van der Waals surface area contributed by atoms with E-state index in [2.05, 4.69) is 31.4 Å². The van der Waals surface area contributed by atoms with Gasteiger partial charge in [-0.15, -0.1) is 0 Å². The average Bonchev–Trinajstić information content (AvgIpc) is 2.43. The van der Waals surface area contributed by atoms with E-state index in [9.17, 15) is 4.79 Å². The topological polar surface area (TPSA) is 50.4 Å². The van der Waals surface area contributed by atoms with Gasteiger partial charge in [0.15, 0.2) is 5.75 Å². The predicted molar refractivity (Wildman–Crippen MR) is 76.8 cm³/mol. The van der Waals surface area contributed by atoms with Crippen molar-refractivity contribution in [3.05, 3.63) is 23.8 Å². The summed E-state index contributed by atoms with van der Waals surface area (Å²) in [6, 6.07) is 5.62. The van der Waals surface area contributed by atoms with Crippen molar-refractivity contribution >= 4 is 11.6 Å². The lowest BCUT2D eigenvalue weighted by molar-refractivity contribution is 0.0941. The SMILES string of the molecule is CC(C)C(C)CNC(=O)c1cccc2c1OCCN2. The summed E-state index contributed by atoms with van der Waals surface area (Å²) in [6.07, 6.45) is 0. The van der Waals surface area contributed by atoms with Crippen LogP contribution in [0.3, 0.4) is 0 Å². The Morgan fingerprint density at radius 3 is 2.95 bits per heavy atom. The number of benzene rings is 1. The minimum absolute atomic E-state index is 0.0620. The maximum absolute atomic E-state index is 12.2. The van der Waals surface area contributed by atoms with Crippen molar-refractivity contribution in [1.82, 2.24) is 5.32 Å². The van der Waals surface area contributed by atoms with Crippen LogP contribution in [-0.2, 0) is 0 Å². The molecule has 2 N–H and O–H groups in total. The molecule has 1 aliphatic heterocycles. The zero-order chi connectivity index (χ0) is 13.8. The third-order valence-corrected chi connectivity index (χ3v) is 3.65. The molecule has 1 aromatic carbocycles. The molecule has 19 heavy (non-hydrogen) atoms. The second kappa shape index (κ2) is 5.95. The fourth-order valence-electron chi connectivity index (χ4n) is 1.93. The van der Waals surface area contributed by atoms with E-state index >= 15 is 0 Å². The molecule has 1 unspecified atom stereocenters. The molecule has 4 heteroatoms. The van der Waals surface area contributed by atoms with E-state index in [1.54, 1.807) is 6.07 Å². The maximum atomic E-state index is 12.2. The third-order valence-electron chi connectivity index (χ3n) is 3.65. The van der Waals surface area contributed by atoms with E-state index in [1.165, 1.54) is 0 Å². The van der Waals surface area contributed by atoms with Crippen LogP contribution in [0, 0.1) is 11.8 Å². The summed E-state index contributed by atoms with van der Waals surface area (Å²) in [7, 11) is 0. The molecule has 0 saturated carbocycles. The predicted octanol–water partition coefficient (Wildman–Crippen LogP) is 2.51. The number of ether oxygens (including phenoxy) is 1. The average molecular weight is 262 g/mol. The van der Waals surface area contributed by atoms with Gasteiger partial charge in [0.2, 0.25) is 0 Å². The van der Waals surface area contributed by atoms with E-state index in [0.717, 1.165) is 12.2 Å². The molecule has 1 aliphatic rings. The molecule has 1 amide bonds. The Bertz CT molecular complexity index is 457. The minimum atomic E-state index is -0.0620. The van der Waals surface area contributed by atoms with Gasteiger partial charge in [0, 0.05) is 13.1 Å². The molecule has 4 nitrogen and oxygen atoms in total. The van der Waals surface area contributed by atoms with Crippen LogP contribution < -0.4 is 15.4 Å². The lowest BCUT2D eigenvalue weighted by atomic mass is 9.98. The van der Waals surface area contributed by atoms with Crippen molar-refractivity contribution in [3.63, 3.8) is 0 Å². The summed E-state index contributed by atoms with van der Waals surface area (Å²) in [5.74, 6) is 1.63. The van der Waals surface area contributed by atoms with Gasteiger partial charge in [-0.3, -0.25) is 4.79 Å². The van der Waals surface area contributed by atoms with E-state index in [4.69, 9.17) is 4.74 Å². The highest BCUT2D eigenvalue weighted by Gasteiger charge is 2.19. The van der Waals surface area contributed by atoms with Crippen molar-refractivity contribution in [3.8, 4) is 5.75 Å². The Kier molecular flexibility index (Phi) is 4.30. The van der Waals surface area contributed by atoms with Gasteiger partial charge >= 0.3 is 0 Å². The molecule has 0 saturated heterocycles. The molecule has 1 aromatic rings. The van der Waals surface area contributed by atoms with Crippen LogP contribution in [0.2, 0.25) is 0 Å². The fourth-order valence-corrected chi connectivity index (χ4v) is 1.93. The van der Waals surface area contributed by atoms with Gasteiger partial charge in [-0.25, -0.2) is 0 Å². The quantitative estimate of drug-likeness (QED) is 0.876. The molecule has 1 heterocycles. The molecule has 2 rings (SSSR count). The normalized spacial score (nSPS) is 15.2. The van der Waals surface area contributed by atoms with Crippen LogP contribution in [0.25, 0.3) is 0 Å². The molecule has 1 atom stereocenters. The maximum Gasteiger partial charge on any atom is 0.255 e. The van der Waals surface area contributed by atoms with E-state index in [1.807, 2.05) is 12.1 Å². The van der Waals surface area contributed by atoms with Gasteiger partial charge in [-0.1, -0.05) is 26.8 Å². The van der Waals surface area contributed by atoms with Crippen LogP contribution >= 0.6 is 0 Å². The Morgan fingerprint density at radius 2 is 2.21 bits per heavy atom. The number of carbonyl (C=O) groups excluding carboxylic acids is 1. The summed E-state index contributed by atoms with van der Waals surface area (Å²) in [4.78, 5) is 12.2. The van der Waals surface area contributed by atoms with Crippen LogP contribution in [0.15, 0.2) is 18.2 Å².